The second-order valence-corrected chi connectivity index (χ2v) is 8.22. The molecule has 0 unspecified atom stereocenters. The quantitative estimate of drug-likeness (QED) is 0.559. The molecule has 0 aromatic heterocycles. The van der Waals surface area contributed by atoms with Gasteiger partial charge in [0, 0.05) is 16.3 Å². The van der Waals surface area contributed by atoms with E-state index >= 15 is 0 Å². The smallest absolute Gasteiger partial charge is 0.259 e. The van der Waals surface area contributed by atoms with Gasteiger partial charge >= 0.3 is 0 Å². The molecule has 0 fully saturated rings. The minimum absolute atomic E-state index is 0.0696. The standard InChI is InChI=1S/C22H27NO2S/c1-16(2)9-5-4-8-14-23-19-10-6-7-11-21(19)26-20-13-12-17(25-3)15-18(20)22(23)24/h6-7,10-13,15-16H,4-5,8-9,14H2,1-3H3. The number of amides is 1. The molecule has 1 aliphatic heterocycles. The number of carbonyl (C=O) groups excluding carboxylic acids is 1. The van der Waals surface area contributed by atoms with E-state index in [4.69, 9.17) is 4.74 Å². The van der Waals surface area contributed by atoms with Gasteiger partial charge in [0.2, 0.25) is 0 Å². The van der Waals surface area contributed by atoms with Crippen LogP contribution in [0.4, 0.5) is 5.69 Å². The van der Waals surface area contributed by atoms with Gasteiger partial charge in [-0.3, -0.25) is 4.79 Å². The van der Waals surface area contributed by atoms with E-state index in [1.165, 1.54) is 12.8 Å². The first-order valence-corrected chi connectivity index (χ1v) is 10.2. The number of hydrogen-bond donors (Lipinski definition) is 0. The van der Waals surface area contributed by atoms with Gasteiger partial charge in [-0.05, 0) is 42.7 Å². The van der Waals surface area contributed by atoms with E-state index in [0.29, 0.717) is 0 Å². The predicted molar refractivity (Wildman–Crippen MR) is 109 cm³/mol. The molecule has 4 heteroatoms. The van der Waals surface area contributed by atoms with Gasteiger partial charge in [-0.2, -0.15) is 0 Å². The monoisotopic (exact) mass is 369 g/mol. The number of anilines is 1. The summed E-state index contributed by atoms with van der Waals surface area (Å²) in [7, 11) is 1.64. The predicted octanol–water partition coefficient (Wildman–Crippen LogP) is 6.02. The number of nitrogens with zero attached hydrogens (tertiary/aromatic N) is 1. The van der Waals surface area contributed by atoms with E-state index < -0.39 is 0 Å². The molecule has 0 saturated heterocycles. The fourth-order valence-corrected chi connectivity index (χ4v) is 4.31. The maximum Gasteiger partial charge on any atom is 0.259 e. The molecular formula is C22H27NO2S. The van der Waals surface area contributed by atoms with Crippen LogP contribution in [0.25, 0.3) is 0 Å². The van der Waals surface area contributed by atoms with Gasteiger partial charge in [-0.1, -0.05) is 57.0 Å². The third-order valence-electron chi connectivity index (χ3n) is 4.70. The lowest BCUT2D eigenvalue weighted by atomic mass is 10.0. The number of para-hydroxylation sites is 1. The first-order valence-electron chi connectivity index (χ1n) is 9.37. The lowest BCUT2D eigenvalue weighted by Crippen LogP contribution is -2.31. The lowest BCUT2D eigenvalue weighted by Gasteiger charge is -2.23. The van der Waals surface area contributed by atoms with Gasteiger partial charge in [0.1, 0.15) is 5.75 Å². The minimum Gasteiger partial charge on any atom is -0.497 e. The Labute approximate surface area is 160 Å². The molecule has 0 aliphatic carbocycles. The summed E-state index contributed by atoms with van der Waals surface area (Å²) in [5.41, 5.74) is 1.74. The molecule has 1 amide bonds. The average Bonchev–Trinajstić information content (AvgIpc) is 2.76. The van der Waals surface area contributed by atoms with E-state index in [-0.39, 0.29) is 5.91 Å². The van der Waals surface area contributed by atoms with Crippen LogP contribution in [0, 0.1) is 5.92 Å². The molecule has 0 bridgehead atoms. The SMILES string of the molecule is COc1ccc2c(c1)C(=O)N(CCCCCC(C)C)c1ccccc1S2. The first-order chi connectivity index (χ1) is 12.6. The van der Waals surface area contributed by atoms with Gasteiger partial charge in [-0.15, -0.1) is 0 Å². The van der Waals surface area contributed by atoms with Gasteiger partial charge in [0.25, 0.3) is 5.91 Å². The van der Waals surface area contributed by atoms with Crippen LogP contribution in [0.2, 0.25) is 0 Å². The van der Waals surface area contributed by atoms with Crippen molar-refractivity contribution in [1.82, 2.24) is 0 Å². The maximum atomic E-state index is 13.3. The highest BCUT2D eigenvalue weighted by Gasteiger charge is 2.27. The Kier molecular flexibility index (Phi) is 6.25. The summed E-state index contributed by atoms with van der Waals surface area (Å²) in [6, 6.07) is 14.0. The van der Waals surface area contributed by atoms with E-state index in [2.05, 4.69) is 26.0 Å². The maximum absolute atomic E-state index is 13.3. The van der Waals surface area contributed by atoms with Crippen LogP contribution < -0.4 is 9.64 Å². The number of unbranched alkanes of at least 4 members (excludes halogenated alkanes) is 2. The van der Waals surface area contributed by atoms with Crippen LogP contribution >= 0.6 is 11.8 Å². The van der Waals surface area contributed by atoms with Crippen molar-refractivity contribution in [3.8, 4) is 5.75 Å². The van der Waals surface area contributed by atoms with Crippen molar-refractivity contribution in [2.24, 2.45) is 5.92 Å². The molecule has 1 heterocycles. The molecule has 0 saturated carbocycles. The highest BCUT2D eigenvalue weighted by molar-refractivity contribution is 7.99. The fourth-order valence-electron chi connectivity index (χ4n) is 3.25. The number of fused-ring (bicyclic) bond motifs is 2. The topological polar surface area (TPSA) is 29.5 Å². The Morgan fingerprint density at radius 1 is 1.04 bits per heavy atom. The lowest BCUT2D eigenvalue weighted by molar-refractivity contribution is 0.0983. The van der Waals surface area contributed by atoms with Crippen LogP contribution in [0.1, 0.15) is 49.9 Å². The van der Waals surface area contributed by atoms with E-state index in [0.717, 1.165) is 52.1 Å². The zero-order chi connectivity index (χ0) is 18.5. The molecule has 138 valence electrons. The van der Waals surface area contributed by atoms with Crippen LogP contribution in [0.3, 0.4) is 0 Å². The number of rotatable bonds is 7. The van der Waals surface area contributed by atoms with Crippen molar-refractivity contribution in [3.63, 3.8) is 0 Å². The number of hydrogen-bond acceptors (Lipinski definition) is 3. The second kappa shape index (κ2) is 8.63. The molecule has 1 aliphatic rings. The summed E-state index contributed by atoms with van der Waals surface area (Å²) in [6.45, 7) is 5.28. The van der Waals surface area contributed by atoms with Crippen LogP contribution in [0.5, 0.6) is 5.75 Å². The minimum atomic E-state index is 0.0696. The number of methoxy groups -OCH3 is 1. The van der Waals surface area contributed by atoms with Crippen molar-refractivity contribution in [2.45, 2.75) is 49.3 Å². The van der Waals surface area contributed by atoms with Crippen molar-refractivity contribution >= 4 is 23.4 Å². The third-order valence-corrected chi connectivity index (χ3v) is 5.84. The Balaban J connectivity index is 1.85. The molecule has 2 aromatic rings. The van der Waals surface area contributed by atoms with Crippen molar-refractivity contribution in [3.05, 3.63) is 48.0 Å². The molecular weight excluding hydrogens is 342 g/mol. The first kappa shape index (κ1) is 18.8. The molecule has 0 radical (unpaired) electrons. The van der Waals surface area contributed by atoms with Gasteiger partial charge < -0.3 is 9.64 Å². The van der Waals surface area contributed by atoms with E-state index in [1.54, 1.807) is 18.9 Å². The van der Waals surface area contributed by atoms with Crippen molar-refractivity contribution in [2.75, 3.05) is 18.6 Å². The van der Waals surface area contributed by atoms with Gasteiger partial charge in [0.15, 0.2) is 0 Å². The summed E-state index contributed by atoms with van der Waals surface area (Å²) in [5.74, 6) is 1.53. The Morgan fingerprint density at radius 3 is 2.62 bits per heavy atom. The molecule has 26 heavy (non-hydrogen) atoms. The summed E-state index contributed by atoms with van der Waals surface area (Å²) in [5, 5.41) is 0. The van der Waals surface area contributed by atoms with Crippen molar-refractivity contribution in [1.29, 1.82) is 0 Å². The number of benzene rings is 2. The van der Waals surface area contributed by atoms with Crippen molar-refractivity contribution < 1.29 is 9.53 Å². The Bertz CT molecular complexity index is 772. The summed E-state index contributed by atoms with van der Waals surface area (Å²) < 4.78 is 5.34. The summed E-state index contributed by atoms with van der Waals surface area (Å²) in [4.78, 5) is 17.4. The van der Waals surface area contributed by atoms with Crippen LogP contribution in [-0.2, 0) is 0 Å². The molecule has 0 N–H and O–H groups in total. The number of ether oxygens (including phenoxy) is 1. The highest BCUT2D eigenvalue weighted by Crippen LogP contribution is 2.42. The normalized spacial score (nSPS) is 13.4. The fraction of sp³-hybridized carbons (Fsp3) is 0.409. The largest absolute Gasteiger partial charge is 0.497 e. The van der Waals surface area contributed by atoms with Gasteiger partial charge in [-0.25, -0.2) is 0 Å². The summed E-state index contributed by atoms with van der Waals surface area (Å²) >= 11 is 1.66. The van der Waals surface area contributed by atoms with E-state index in [9.17, 15) is 4.79 Å². The zero-order valence-electron chi connectivity index (χ0n) is 15.8. The molecule has 3 rings (SSSR count). The molecule has 0 spiro atoms. The average molecular weight is 370 g/mol. The third kappa shape index (κ3) is 4.24. The van der Waals surface area contributed by atoms with Crippen LogP contribution in [-0.4, -0.2) is 19.6 Å². The Morgan fingerprint density at radius 2 is 1.85 bits per heavy atom. The summed E-state index contributed by atoms with van der Waals surface area (Å²) in [6.07, 6.45) is 4.65. The van der Waals surface area contributed by atoms with E-state index in [1.807, 2.05) is 35.2 Å². The molecule has 2 aromatic carbocycles. The zero-order valence-corrected chi connectivity index (χ0v) is 16.6. The molecule has 3 nitrogen and oxygen atoms in total. The molecule has 0 atom stereocenters. The number of carbonyl (C=O) groups is 1. The van der Waals surface area contributed by atoms with Crippen LogP contribution in [0.15, 0.2) is 52.3 Å². The Hall–Kier alpha value is -1.94. The second-order valence-electron chi connectivity index (χ2n) is 7.13. The van der Waals surface area contributed by atoms with Gasteiger partial charge in [0.05, 0.1) is 18.4 Å². The highest BCUT2D eigenvalue weighted by atomic mass is 32.2.